The van der Waals surface area contributed by atoms with Gasteiger partial charge in [0.15, 0.2) is 0 Å². The van der Waals surface area contributed by atoms with E-state index in [2.05, 4.69) is 0 Å². The summed E-state index contributed by atoms with van der Waals surface area (Å²) in [5.41, 5.74) is -0.0924. The Labute approximate surface area is 190 Å². The monoisotopic (exact) mass is 498 g/mol. The van der Waals surface area contributed by atoms with Crippen molar-refractivity contribution in [3.05, 3.63) is 104 Å². The van der Waals surface area contributed by atoms with Crippen LogP contribution in [0.5, 0.6) is 0 Å². The number of esters is 1. The third-order valence-corrected chi connectivity index (χ3v) is 8.53. The molecule has 1 aliphatic heterocycles. The molecule has 8 heteroatoms. The number of ether oxygens (including phenoxy) is 1. The topological polar surface area (TPSA) is 87.4 Å². The van der Waals surface area contributed by atoms with E-state index in [4.69, 9.17) is 4.74 Å². The van der Waals surface area contributed by atoms with E-state index in [-0.39, 0.29) is 36.2 Å². The number of aromatic nitrogens is 2. The zero-order valence-electron chi connectivity index (χ0n) is 17.5. The number of benzene rings is 2. The Hall–Kier alpha value is -3.22. The third kappa shape index (κ3) is 4.52. The summed E-state index contributed by atoms with van der Waals surface area (Å²) in [5, 5.41) is 0. The molecule has 0 aliphatic carbocycles. The Kier molecular flexibility index (Phi) is 6.53. The van der Waals surface area contributed by atoms with Crippen LogP contribution in [0, 0.1) is 6.92 Å². The molecule has 0 radical (unpaired) electrons. The number of aryl methyl sites for hydroxylation is 1. The van der Waals surface area contributed by atoms with Gasteiger partial charge in [0.1, 0.15) is 0 Å². The molecule has 164 valence electrons. The first kappa shape index (κ1) is 22.0. The van der Waals surface area contributed by atoms with Crippen molar-refractivity contribution in [2.75, 3.05) is 6.61 Å². The second-order valence-electron chi connectivity index (χ2n) is 7.57. The Morgan fingerprint density at radius 1 is 0.969 bits per heavy atom. The fraction of sp³-hybridized carbons (Fsp3) is 0.250. The molecule has 1 aromatic heterocycles. The van der Waals surface area contributed by atoms with E-state index in [1.807, 2.05) is 6.07 Å². The number of hydrogen-bond donors (Lipinski definition) is 0. The van der Waals surface area contributed by atoms with Gasteiger partial charge in [-0.25, -0.2) is 0 Å². The predicted molar refractivity (Wildman–Crippen MR) is 120 cm³/mol. The quantitative estimate of drug-likeness (QED) is 0.400. The minimum absolute atomic E-state index is 0.0364. The SMILES string of the molecule is Cc1cn([C@@H]2CC[C@H](COC(=O)c3ccccc3)[Se]2)c(=O)n(C(=O)c2ccccc2)c1=O. The standard InChI is InChI=1S/C24H22N2O5Se/c1-16-14-25(24(30)26(21(16)27)22(28)17-8-4-2-5-9-17)20-13-12-19(32-20)15-31-23(29)18-10-6-3-7-11-18/h2-11,14,19-20H,12-13,15H2,1H3/t19-,20+/m1/s1. The van der Waals surface area contributed by atoms with Crippen LogP contribution in [-0.4, -0.2) is 42.6 Å². The molecule has 2 atom stereocenters. The summed E-state index contributed by atoms with van der Waals surface area (Å²) in [7, 11) is 0. The molecule has 2 aromatic carbocycles. The van der Waals surface area contributed by atoms with Gasteiger partial charge in [-0.15, -0.1) is 0 Å². The summed E-state index contributed by atoms with van der Waals surface area (Å²) < 4.78 is 7.71. The summed E-state index contributed by atoms with van der Waals surface area (Å²) in [6, 6.07) is 17.1. The van der Waals surface area contributed by atoms with Gasteiger partial charge in [0.25, 0.3) is 0 Å². The van der Waals surface area contributed by atoms with Gasteiger partial charge in [-0.3, -0.25) is 0 Å². The Balaban J connectivity index is 1.51. The third-order valence-electron chi connectivity index (χ3n) is 5.31. The van der Waals surface area contributed by atoms with E-state index in [0.717, 1.165) is 17.4 Å². The average Bonchev–Trinajstić information content (AvgIpc) is 3.30. The fourth-order valence-electron chi connectivity index (χ4n) is 3.63. The summed E-state index contributed by atoms with van der Waals surface area (Å²) in [4.78, 5) is 50.9. The first-order valence-corrected chi connectivity index (χ1v) is 12.3. The summed E-state index contributed by atoms with van der Waals surface area (Å²) in [6.45, 7) is 1.90. The first-order valence-electron chi connectivity index (χ1n) is 10.3. The van der Waals surface area contributed by atoms with Crippen molar-refractivity contribution in [2.24, 2.45) is 0 Å². The molecule has 3 aromatic rings. The number of nitrogens with zero attached hydrogens (tertiary/aromatic N) is 2. The van der Waals surface area contributed by atoms with Crippen LogP contribution in [-0.2, 0) is 4.74 Å². The summed E-state index contributed by atoms with van der Waals surface area (Å²) in [5.74, 6) is -0.989. The molecule has 0 spiro atoms. The molecule has 7 nitrogen and oxygen atoms in total. The van der Waals surface area contributed by atoms with E-state index in [1.54, 1.807) is 67.7 Å². The number of carbonyl (C=O) groups excluding carboxylic acids is 2. The molecule has 1 aliphatic rings. The van der Waals surface area contributed by atoms with Crippen molar-refractivity contribution in [1.29, 1.82) is 0 Å². The maximum atomic E-state index is 13.1. The van der Waals surface area contributed by atoms with Crippen LogP contribution in [0.25, 0.3) is 0 Å². The van der Waals surface area contributed by atoms with Gasteiger partial charge in [-0.1, -0.05) is 0 Å². The van der Waals surface area contributed by atoms with Crippen LogP contribution in [0.15, 0.2) is 76.4 Å². The van der Waals surface area contributed by atoms with Crippen molar-refractivity contribution >= 4 is 26.8 Å². The normalized spacial score (nSPS) is 17.8. The Morgan fingerprint density at radius 2 is 1.59 bits per heavy atom. The number of carbonyl (C=O) groups is 2. The molecule has 1 fully saturated rings. The Bertz CT molecular complexity index is 1250. The van der Waals surface area contributed by atoms with Crippen LogP contribution in [0.4, 0.5) is 0 Å². The van der Waals surface area contributed by atoms with Gasteiger partial charge in [0, 0.05) is 0 Å². The van der Waals surface area contributed by atoms with Crippen molar-refractivity contribution in [2.45, 2.75) is 29.5 Å². The minimum atomic E-state index is -0.628. The molecule has 0 N–H and O–H groups in total. The van der Waals surface area contributed by atoms with Crippen molar-refractivity contribution < 1.29 is 14.3 Å². The second kappa shape index (κ2) is 9.51. The molecule has 32 heavy (non-hydrogen) atoms. The van der Waals surface area contributed by atoms with E-state index in [0.29, 0.717) is 17.7 Å². The number of rotatable bonds is 5. The summed E-state index contributed by atoms with van der Waals surface area (Å²) >= 11 is -0.0364. The van der Waals surface area contributed by atoms with Gasteiger partial charge < -0.3 is 0 Å². The molecular weight excluding hydrogens is 475 g/mol. The zero-order valence-corrected chi connectivity index (χ0v) is 19.2. The van der Waals surface area contributed by atoms with E-state index in [9.17, 15) is 19.2 Å². The van der Waals surface area contributed by atoms with Crippen molar-refractivity contribution in [3.63, 3.8) is 0 Å². The van der Waals surface area contributed by atoms with E-state index < -0.39 is 17.2 Å². The van der Waals surface area contributed by atoms with Gasteiger partial charge in [-0.2, -0.15) is 0 Å². The molecule has 0 saturated carbocycles. The van der Waals surface area contributed by atoms with E-state index >= 15 is 0 Å². The van der Waals surface area contributed by atoms with Crippen LogP contribution in [0.2, 0.25) is 4.82 Å². The van der Waals surface area contributed by atoms with Gasteiger partial charge in [-0.05, 0) is 0 Å². The van der Waals surface area contributed by atoms with Gasteiger partial charge in [0.2, 0.25) is 0 Å². The number of hydrogen-bond acceptors (Lipinski definition) is 5. The molecule has 2 heterocycles. The second-order valence-corrected chi connectivity index (χ2v) is 10.7. The molecular formula is C24H22N2O5Se. The van der Waals surface area contributed by atoms with Crippen molar-refractivity contribution in [1.82, 2.24) is 9.13 Å². The first-order chi connectivity index (χ1) is 15.5. The van der Waals surface area contributed by atoms with Gasteiger partial charge in [0.05, 0.1) is 0 Å². The van der Waals surface area contributed by atoms with Crippen LogP contribution < -0.4 is 11.2 Å². The zero-order chi connectivity index (χ0) is 22.7. The van der Waals surface area contributed by atoms with Gasteiger partial charge >= 0.3 is 191 Å². The summed E-state index contributed by atoms with van der Waals surface area (Å²) in [6.07, 6.45) is 3.08. The molecule has 0 unspecified atom stereocenters. The molecule has 4 rings (SSSR count). The molecule has 1 saturated heterocycles. The van der Waals surface area contributed by atoms with Crippen LogP contribution >= 0.6 is 0 Å². The van der Waals surface area contributed by atoms with Crippen molar-refractivity contribution in [3.8, 4) is 0 Å². The van der Waals surface area contributed by atoms with Crippen LogP contribution in [0.1, 0.15) is 44.1 Å². The van der Waals surface area contributed by atoms with E-state index in [1.165, 1.54) is 4.57 Å². The average molecular weight is 497 g/mol. The molecule has 0 bridgehead atoms. The predicted octanol–water partition coefficient (Wildman–Crippen LogP) is 2.65. The Morgan fingerprint density at radius 3 is 2.25 bits per heavy atom. The maximum absolute atomic E-state index is 13.1. The fourth-order valence-corrected chi connectivity index (χ4v) is 6.61. The molecule has 0 amide bonds. The van der Waals surface area contributed by atoms with Crippen LogP contribution in [0.3, 0.4) is 0 Å².